The second-order valence-electron chi connectivity index (χ2n) is 6.06. The molecular formula is C14H29N3O. The van der Waals surface area contributed by atoms with Crippen molar-refractivity contribution in [1.82, 2.24) is 15.1 Å². The molecule has 2 fully saturated rings. The van der Waals surface area contributed by atoms with Crippen LogP contribution in [0.2, 0.25) is 0 Å². The van der Waals surface area contributed by atoms with Gasteiger partial charge in [0.05, 0.1) is 6.61 Å². The third kappa shape index (κ3) is 3.92. The van der Waals surface area contributed by atoms with E-state index in [0.717, 1.165) is 26.3 Å². The molecule has 0 bridgehead atoms. The summed E-state index contributed by atoms with van der Waals surface area (Å²) in [5, 5.41) is 3.60. The average molecular weight is 255 g/mol. The molecule has 18 heavy (non-hydrogen) atoms. The smallest absolute Gasteiger partial charge is 0.0547 e. The van der Waals surface area contributed by atoms with Crippen molar-refractivity contribution in [3.05, 3.63) is 0 Å². The molecule has 1 atom stereocenters. The third-order valence-electron chi connectivity index (χ3n) is 4.27. The number of ether oxygens (including phenoxy) is 1. The standard InChI is InChI=1S/C14H29N3O/c1-3-5-15-11-14(4-10-18-13-14)12-17-8-6-16(2)7-9-17/h15H,3-13H2,1-2H3. The fraction of sp³-hybridized carbons (Fsp3) is 1.00. The highest BCUT2D eigenvalue weighted by molar-refractivity contribution is 4.89. The molecule has 2 heterocycles. The summed E-state index contributed by atoms with van der Waals surface area (Å²) >= 11 is 0. The first kappa shape index (κ1) is 14.3. The van der Waals surface area contributed by atoms with Crippen molar-refractivity contribution in [3.8, 4) is 0 Å². The lowest BCUT2D eigenvalue weighted by atomic mass is 9.86. The van der Waals surface area contributed by atoms with Crippen LogP contribution in [0.3, 0.4) is 0 Å². The molecule has 0 spiro atoms. The van der Waals surface area contributed by atoms with E-state index in [2.05, 4.69) is 29.1 Å². The maximum absolute atomic E-state index is 5.68. The summed E-state index contributed by atoms with van der Waals surface area (Å²) in [6.45, 7) is 12.4. The maximum atomic E-state index is 5.68. The van der Waals surface area contributed by atoms with Crippen molar-refractivity contribution in [3.63, 3.8) is 0 Å². The van der Waals surface area contributed by atoms with E-state index in [1.165, 1.54) is 45.6 Å². The third-order valence-corrected chi connectivity index (χ3v) is 4.27. The van der Waals surface area contributed by atoms with Crippen LogP contribution in [0.4, 0.5) is 0 Å². The minimum Gasteiger partial charge on any atom is -0.381 e. The predicted octanol–water partition coefficient (Wildman–Crippen LogP) is 0.640. The van der Waals surface area contributed by atoms with E-state index in [-0.39, 0.29) is 0 Å². The van der Waals surface area contributed by atoms with Crippen LogP contribution in [-0.2, 0) is 4.74 Å². The quantitative estimate of drug-likeness (QED) is 0.705. The van der Waals surface area contributed by atoms with Crippen LogP contribution in [0.1, 0.15) is 19.8 Å². The minimum absolute atomic E-state index is 0.366. The van der Waals surface area contributed by atoms with E-state index in [9.17, 15) is 0 Å². The molecule has 0 aliphatic carbocycles. The summed E-state index contributed by atoms with van der Waals surface area (Å²) in [7, 11) is 2.22. The molecule has 2 aliphatic heterocycles. The highest BCUT2D eigenvalue weighted by atomic mass is 16.5. The number of rotatable bonds is 6. The molecule has 0 saturated carbocycles. The second-order valence-corrected chi connectivity index (χ2v) is 6.06. The summed E-state index contributed by atoms with van der Waals surface area (Å²) in [5.41, 5.74) is 0.366. The van der Waals surface area contributed by atoms with E-state index < -0.39 is 0 Å². The van der Waals surface area contributed by atoms with Gasteiger partial charge in [-0.3, -0.25) is 0 Å². The first-order valence-corrected chi connectivity index (χ1v) is 7.43. The number of nitrogens with one attached hydrogen (secondary N) is 1. The Morgan fingerprint density at radius 1 is 1.22 bits per heavy atom. The minimum atomic E-state index is 0.366. The van der Waals surface area contributed by atoms with Crippen molar-refractivity contribution < 1.29 is 4.74 Å². The predicted molar refractivity (Wildman–Crippen MR) is 75.0 cm³/mol. The molecule has 0 amide bonds. The van der Waals surface area contributed by atoms with Crippen molar-refractivity contribution in [2.24, 2.45) is 5.41 Å². The van der Waals surface area contributed by atoms with Crippen LogP contribution in [-0.4, -0.2) is 75.9 Å². The number of nitrogens with zero attached hydrogens (tertiary/aromatic N) is 2. The summed E-state index contributed by atoms with van der Waals surface area (Å²) < 4.78 is 5.68. The van der Waals surface area contributed by atoms with Gasteiger partial charge in [0.25, 0.3) is 0 Å². The zero-order valence-corrected chi connectivity index (χ0v) is 12.1. The number of piperazine rings is 1. The largest absolute Gasteiger partial charge is 0.381 e. The van der Waals surface area contributed by atoms with Crippen molar-refractivity contribution in [2.75, 3.05) is 66.1 Å². The number of hydrogen-bond acceptors (Lipinski definition) is 4. The van der Waals surface area contributed by atoms with Crippen LogP contribution in [0.25, 0.3) is 0 Å². The monoisotopic (exact) mass is 255 g/mol. The first-order chi connectivity index (χ1) is 8.74. The lowest BCUT2D eigenvalue weighted by Gasteiger charge is -2.38. The molecule has 1 N–H and O–H groups in total. The van der Waals surface area contributed by atoms with Crippen LogP contribution in [0.5, 0.6) is 0 Å². The Labute approximate surface area is 112 Å². The highest BCUT2D eigenvalue weighted by Gasteiger charge is 2.36. The number of likely N-dealkylation sites (N-methyl/N-ethyl adjacent to an activating group) is 1. The Morgan fingerprint density at radius 2 is 2.00 bits per heavy atom. The van der Waals surface area contributed by atoms with E-state index in [4.69, 9.17) is 4.74 Å². The summed E-state index contributed by atoms with van der Waals surface area (Å²) in [5.74, 6) is 0. The topological polar surface area (TPSA) is 27.7 Å². The van der Waals surface area contributed by atoms with Crippen molar-refractivity contribution >= 4 is 0 Å². The fourth-order valence-electron chi connectivity index (χ4n) is 2.98. The normalized spacial score (nSPS) is 31.0. The van der Waals surface area contributed by atoms with Crippen LogP contribution < -0.4 is 5.32 Å². The molecule has 0 aromatic heterocycles. The summed E-state index contributed by atoms with van der Waals surface area (Å²) in [4.78, 5) is 5.05. The fourth-order valence-corrected chi connectivity index (χ4v) is 2.98. The molecule has 106 valence electrons. The molecule has 0 aromatic rings. The van der Waals surface area contributed by atoms with Gasteiger partial charge in [-0.2, -0.15) is 0 Å². The highest BCUT2D eigenvalue weighted by Crippen LogP contribution is 2.29. The molecule has 1 unspecified atom stereocenters. The Kier molecular flexibility index (Phi) is 5.42. The second kappa shape index (κ2) is 6.85. The van der Waals surface area contributed by atoms with Gasteiger partial charge in [0, 0.05) is 51.3 Å². The molecule has 0 radical (unpaired) electrons. The van der Waals surface area contributed by atoms with E-state index in [0.29, 0.717) is 5.41 Å². The van der Waals surface area contributed by atoms with Gasteiger partial charge >= 0.3 is 0 Å². The van der Waals surface area contributed by atoms with Crippen molar-refractivity contribution in [1.29, 1.82) is 0 Å². The zero-order chi connectivity index (χ0) is 12.8. The van der Waals surface area contributed by atoms with Crippen LogP contribution in [0.15, 0.2) is 0 Å². The van der Waals surface area contributed by atoms with E-state index >= 15 is 0 Å². The SMILES string of the molecule is CCCNCC1(CN2CCN(C)CC2)CCOC1. The summed E-state index contributed by atoms with van der Waals surface area (Å²) in [6, 6.07) is 0. The molecule has 2 rings (SSSR count). The molecule has 0 aromatic carbocycles. The van der Waals surface area contributed by atoms with E-state index in [1.54, 1.807) is 0 Å². The van der Waals surface area contributed by atoms with Gasteiger partial charge in [-0.25, -0.2) is 0 Å². The lowest BCUT2D eigenvalue weighted by molar-refractivity contribution is 0.0789. The first-order valence-electron chi connectivity index (χ1n) is 7.43. The maximum Gasteiger partial charge on any atom is 0.0547 e. The van der Waals surface area contributed by atoms with Gasteiger partial charge in [0.2, 0.25) is 0 Å². The van der Waals surface area contributed by atoms with Crippen molar-refractivity contribution in [2.45, 2.75) is 19.8 Å². The van der Waals surface area contributed by atoms with Gasteiger partial charge in [-0.15, -0.1) is 0 Å². The Morgan fingerprint density at radius 3 is 2.61 bits per heavy atom. The molecular weight excluding hydrogens is 226 g/mol. The van der Waals surface area contributed by atoms with Crippen LogP contribution in [0, 0.1) is 5.41 Å². The van der Waals surface area contributed by atoms with Gasteiger partial charge in [-0.1, -0.05) is 6.92 Å². The molecule has 2 aliphatic rings. The van der Waals surface area contributed by atoms with Gasteiger partial charge in [0.1, 0.15) is 0 Å². The Hall–Kier alpha value is -0.160. The Balaban J connectivity index is 1.81. The molecule has 4 nitrogen and oxygen atoms in total. The summed E-state index contributed by atoms with van der Waals surface area (Å²) in [6.07, 6.45) is 2.43. The van der Waals surface area contributed by atoms with Gasteiger partial charge in [-0.05, 0) is 26.4 Å². The number of hydrogen-bond donors (Lipinski definition) is 1. The van der Waals surface area contributed by atoms with Crippen LogP contribution >= 0.6 is 0 Å². The zero-order valence-electron chi connectivity index (χ0n) is 12.1. The average Bonchev–Trinajstić information content (AvgIpc) is 2.82. The molecule has 4 heteroatoms. The molecule has 2 saturated heterocycles. The Bertz CT molecular complexity index is 233. The van der Waals surface area contributed by atoms with Gasteiger partial charge in [0.15, 0.2) is 0 Å². The van der Waals surface area contributed by atoms with E-state index in [1.807, 2.05) is 0 Å². The lowest BCUT2D eigenvalue weighted by Crippen LogP contribution is -2.51. The van der Waals surface area contributed by atoms with Gasteiger partial charge < -0.3 is 19.9 Å².